The number of piperidine rings is 1. The van der Waals surface area contributed by atoms with Gasteiger partial charge in [0.25, 0.3) is 5.91 Å². The van der Waals surface area contributed by atoms with E-state index in [1.807, 2.05) is 7.05 Å². The summed E-state index contributed by atoms with van der Waals surface area (Å²) in [5.41, 5.74) is -0.658. The van der Waals surface area contributed by atoms with E-state index in [1.165, 1.54) is 6.07 Å². The Hall–Kier alpha value is -2.02. The number of carbonyl (C=O) groups excluding carboxylic acids is 2. The molecule has 1 aromatic carbocycles. The highest BCUT2D eigenvalue weighted by molar-refractivity contribution is 5.98. The average molecular weight is 353 g/mol. The fraction of sp³-hybridized carbons (Fsp3) is 0.556. The fourth-order valence-corrected chi connectivity index (χ4v) is 3.03. The van der Waals surface area contributed by atoms with Gasteiger partial charge in [-0.15, -0.1) is 0 Å². The second-order valence-corrected chi connectivity index (χ2v) is 6.68. The van der Waals surface area contributed by atoms with Crippen LogP contribution in [-0.2, 0) is 4.79 Å². The van der Waals surface area contributed by atoms with Crippen LogP contribution in [0.15, 0.2) is 18.2 Å². The molecule has 25 heavy (non-hydrogen) atoms. The maximum Gasteiger partial charge on any atom is 0.257 e. The van der Waals surface area contributed by atoms with E-state index in [4.69, 9.17) is 0 Å². The number of carbonyl (C=O) groups is 2. The van der Waals surface area contributed by atoms with Gasteiger partial charge in [0.05, 0.1) is 0 Å². The predicted molar refractivity (Wildman–Crippen MR) is 91.1 cm³/mol. The standard InChI is InChI=1S/C18H25F2N3O2/c1-11(2)16(18(25)23-9-7-12(21-3)8-10-23)22-17(24)15-13(19)5-4-6-14(15)20/h4-6,11-12,16,21H,7-10H2,1-3H3,(H,22,24). The molecule has 0 radical (unpaired) electrons. The summed E-state index contributed by atoms with van der Waals surface area (Å²) in [6, 6.07) is 2.79. The van der Waals surface area contributed by atoms with Crippen LogP contribution in [0.4, 0.5) is 8.78 Å². The quantitative estimate of drug-likeness (QED) is 0.850. The highest BCUT2D eigenvalue weighted by atomic mass is 19.1. The highest BCUT2D eigenvalue weighted by Crippen LogP contribution is 2.16. The third kappa shape index (κ3) is 4.54. The molecule has 1 fully saturated rings. The number of benzene rings is 1. The first-order valence-electron chi connectivity index (χ1n) is 8.56. The van der Waals surface area contributed by atoms with E-state index in [0.29, 0.717) is 19.1 Å². The van der Waals surface area contributed by atoms with Gasteiger partial charge in [-0.25, -0.2) is 8.78 Å². The summed E-state index contributed by atoms with van der Waals surface area (Å²) in [5.74, 6) is -3.21. The Kier molecular flexibility index (Phi) is 6.47. The molecule has 1 atom stereocenters. The molecule has 2 amide bonds. The molecule has 138 valence electrons. The van der Waals surface area contributed by atoms with Gasteiger partial charge >= 0.3 is 0 Å². The molecule has 1 aliphatic heterocycles. The number of halogens is 2. The number of nitrogens with one attached hydrogen (secondary N) is 2. The van der Waals surface area contributed by atoms with Gasteiger partial charge in [0.1, 0.15) is 23.2 Å². The number of nitrogens with zero attached hydrogens (tertiary/aromatic N) is 1. The van der Waals surface area contributed by atoms with Gasteiger partial charge in [0.15, 0.2) is 0 Å². The van der Waals surface area contributed by atoms with Crippen LogP contribution in [0.25, 0.3) is 0 Å². The third-order valence-electron chi connectivity index (χ3n) is 4.62. The molecular weight excluding hydrogens is 328 g/mol. The first-order valence-corrected chi connectivity index (χ1v) is 8.56. The largest absolute Gasteiger partial charge is 0.341 e. The second kappa shape index (κ2) is 8.38. The van der Waals surface area contributed by atoms with Gasteiger partial charge in [-0.3, -0.25) is 9.59 Å². The van der Waals surface area contributed by atoms with Crippen molar-refractivity contribution in [3.8, 4) is 0 Å². The smallest absolute Gasteiger partial charge is 0.257 e. The van der Waals surface area contributed by atoms with E-state index >= 15 is 0 Å². The number of rotatable bonds is 5. The van der Waals surface area contributed by atoms with Gasteiger partial charge < -0.3 is 15.5 Å². The van der Waals surface area contributed by atoms with E-state index in [9.17, 15) is 18.4 Å². The first kappa shape index (κ1) is 19.3. The van der Waals surface area contributed by atoms with E-state index in [2.05, 4.69) is 10.6 Å². The van der Waals surface area contributed by atoms with Crippen molar-refractivity contribution in [2.24, 2.45) is 5.92 Å². The van der Waals surface area contributed by atoms with Crippen molar-refractivity contribution in [3.05, 3.63) is 35.4 Å². The number of amides is 2. The lowest BCUT2D eigenvalue weighted by Crippen LogP contribution is -2.54. The summed E-state index contributed by atoms with van der Waals surface area (Å²) in [5, 5.41) is 5.70. The van der Waals surface area contributed by atoms with Crippen molar-refractivity contribution in [1.29, 1.82) is 0 Å². The molecule has 0 bridgehead atoms. The number of hydrogen-bond acceptors (Lipinski definition) is 3. The minimum atomic E-state index is -0.942. The van der Waals surface area contributed by atoms with Crippen LogP contribution in [0.2, 0.25) is 0 Å². The van der Waals surface area contributed by atoms with Crippen molar-refractivity contribution in [2.45, 2.75) is 38.8 Å². The molecule has 0 aliphatic carbocycles. The van der Waals surface area contributed by atoms with Crippen LogP contribution in [0.1, 0.15) is 37.0 Å². The van der Waals surface area contributed by atoms with E-state index in [-0.39, 0.29) is 11.8 Å². The van der Waals surface area contributed by atoms with Gasteiger partial charge in [-0.1, -0.05) is 19.9 Å². The summed E-state index contributed by atoms with van der Waals surface area (Å²) in [7, 11) is 1.89. The molecule has 1 unspecified atom stereocenters. The summed E-state index contributed by atoms with van der Waals surface area (Å²) in [6.07, 6.45) is 1.67. The van der Waals surface area contributed by atoms with Crippen molar-refractivity contribution >= 4 is 11.8 Å². The zero-order valence-corrected chi connectivity index (χ0v) is 14.8. The third-order valence-corrected chi connectivity index (χ3v) is 4.62. The van der Waals surface area contributed by atoms with Gasteiger partial charge in [0.2, 0.25) is 5.91 Å². The Morgan fingerprint density at radius 3 is 2.20 bits per heavy atom. The molecule has 1 saturated heterocycles. The molecule has 1 aliphatic rings. The van der Waals surface area contributed by atoms with Crippen LogP contribution in [0.3, 0.4) is 0 Å². The van der Waals surface area contributed by atoms with Crippen LogP contribution in [-0.4, -0.2) is 48.9 Å². The lowest BCUT2D eigenvalue weighted by atomic mass is 9.99. The molecule has 5 nitrogen and oxygen atoms in total. The van der Waals surface area contributed by atoms with Gasteiger partial charge in [-0.2, -0.15) is 0 Å². The molecule has 0 saturated carbocycles. The maximum absolute atomic E-state index is 13.8. The molecule has 1 heterocycles. The molecular formula is C18H25F2N3O2. The predicted octanol–water partition coefficient (Wildman–Crippen LogP) is 1.93. The Morgan fingerprint density at radius 1 is 1.16 bits per heavy atom. The van der Waals surface area contributed by atoms with Crippen LogP contribution in [0.5, 0.6) is 0 Å². The van der Waals surface area contributed by atoms with Crippen LogP contribution >= 0.6 is 0 Å². The van der Waals surface area contributed by atoms with Crippen LogP contribution < -0.4 is 10.6 Å². The molecule has 2 rings (SSSR count). The zero-order valence-electron chi connectivity index (χ0n) is 14.8. The van der Waals surface area contributed by atoms with Gasteiger partial charge in [0, 0.05) is 19.1 Å². The lowest BCUT2D eigenvalue weighted by Gasteiger charge is -2.35. The summed E-state index contributed by atoms with van der Waals surface area (Å²) in [6.45, 7) is 4.77. The Balaban J connectivity index is 2.10. The molecule has 7 heteroatoms. The minimum absolute atomic E-state index is 0.201. The summed E-state index contributed by atoms with van der Waals surface area (Å²) < 4.78 is 27.6. The van der Waals surface area contributed by atoms with E-state index < -0.39 is 29.1 Å². The van der Waals surface area contributed by atoms with Crippen molar-refractivity contribution < 1.29 is 18.4 Å². The summed E-state index contributed by atoms with van der Waals surface area (Å²) >= 11 is 0. The SMILES string of the molecule is CNC1CCN(C(=O)C(NC(=O)c2c(F)cccc2F)C(C)C)CC1. The van der Waals surface area contributed by atoms with Crippen LogP contribution in [0, 0.1) is 17.6 Å². The Labute approximate surface area is 146 Å². The van der Waals surface area contributed by atoms with Crippen molar-refractivity contribution in [1.82, 2.24) is 15.5 Å². The van der Waals surface area contributed by atoms with E-state index in [0.717, 1.165) is 25.0 Å². The summed E-state index contributed by atoms with van der Waals surface area (Å²) in [4.78, 5) is 26.8. The van der Waals surface area contributed by atoms with E-state index in [1.54, 1.807) is 18.7 Å². The molecule has 2 N–H and O–H groups in total. The molecule has 1 aromatic rings. The maximum atomic E-state index is 13.8. The minimum Gasteiger partial charge on any atom is -0.341 e. The second-order valence-electron chi connectivity index (χ2n) is 6.68. The number of hydrogen-bond donors (Lipinski definition) is 2. The highest BCUT2D eigenvalue weighted by Gasteiger charge is 2.32. The number of likely N-dealkylation sites (tertiary alicyclic amines) is 1. The average Bonchev–Trinajstić information content (AvgIpc) is 2.58. The lowest BCUT2D eigenvalue weighted by molar-refractivity contribution is -0.135. The monoisotopic (exact) mass is 353 g/mol. The fourth-order valence-electron chi connectivity index (χ4n) is 3.03. The normalized spacial score (nSPS) is 16.8. The van der Waals surface area contributed by atoms with Gasteiger partial charge in [-0.05, 0) is 37.9 Å². The van der Waals surface area contributed by atoms with Crippen molar-refractivity contribution in [2.75, 3.05) is 20.1 Å². The first-order chi connectivity index (χ1) is 11.8. The van der Waals surface area contributed by atoms with Crippen molar-refractivity contribution in [3.63, 3.8) is 0 Å². The Morgan fingerprint density at radius 2 is 1.72 bits per heavy atom. The zero-order chi connectivity index (χ0) is 18.6. The molecule has 0 spiro atoms. The topological polar surface area (TPSA) is 61.4 Å². The Bertz CT molecular complexity index is 608. The molecule has 0 aromatic heterocycles.